The number of esters is 1. The minimum absolute atomic E-state index is 0.107. The van der Waals surface area contributed by atoms with E-state index in [1.165, 1.54) is 31.2 Å². The summed E-state index contributed by atoms with van der Waals surface area (Å²) in [5.74, 6) is -7.58. The van der Waals surface area contributed by atoms with E-state index in [9.17, 15) is 31.9 Å². The van der Waals surface area contributed by atoms with Crippen molar-refractivity contribution in [3.63, 3.8) is 0 Å². The van der Waals surface area contributed by atoms with E-state index < -0.39 is 46.7 Å². The molecule has 0 aromatic heterocycles. The lowest BCUT2D eigenvalue weighted by Crippen LogP contribution is -2.13. The number of benzene rings is 3. The topological polar surface area (TPSA) is 55.8 Å². The van der Waals surface area contributed by atoms with E-state index in [0.717, 1.165) is 18.2 Å². The van der Waals surface area contributed by atoms with Crippen LogP contribution in [0.15, 0.2) is 48.5 Å². The zero-order valence-electron chi connectivity index (χ0n) is 20.7. The Morgan fingerprint density at radius 2 is 1.76 bits per heavy atom. The minimum atomic E-state index is -1.43. The fourth-order valence-corrected chi connectivity index (χ4v) is 4.52. The normalized spacial score (nSPS) is 16.1. The maximum absolute atomic E-state index is 14.9. The highest BCUT2D eigenvalue weighted by atomic mass is 19.2. The fourth-order valence-electron chi connectivity index (χ4n) is 4.52. The van der Waals surface area contributed by atoms with Gasteiger partial charge in [-0.05, 0) is 74.4 Å². The quantitative estimate of drug-likeness (QED) is 0.196. The number of allylic oxidation sites excluding steroid dienone is 2. The van der Waals surface area contributed by atoms with E-state index >= 15 is 0 Å². The average molecular weight is 533 g/mol. The monoisotopic (exact) mass is 532 g/mol. The lowest BCUT2D eigenvalue weighted by atomic mass is 9.82. The van der Waals surface area contributed by atoms with Crippen LogP contribution in [0.25, 0.3) is 5.57 Å². The molecule has 3 aromatic carbocycles. The summed E-state index contributed by atoms with van der Waals surface area (Å²) in [6.07, 6.45) is 1.78. The molecule has 1 N–H and O–H groups in total. The molecule has 3 aromatic rings. The van der Waals surface area contributed by atoms with Crippen molar-refractivity contribution in [2.24, 2.45) is 0 Å². The molecule has 2 atom stereocenters. The molecule has 0 radical (unpaired) electrons. The fraction of sp³-hybridized carbons (Fsp3) is 0.276. The third-order valence-corrected chi connectivity index (χ3v) is 6.51. The first-order valence-electron chi connectivity index (χ1n) is 12.1. The number of hydrogen-bond acceptors (Lipinski definition) is 4. The van der Waals surface area contributed by atoms with Crippen molar-refractivity contribution in [3.8, 4) is 11.5 Å². The zero-order chi connectivity index (χ0) is 27.6. The zero-order valence-corrected chi connectivity index (χ0v) is 20.7. The first-order valence-corrected chi connectivity index (χ1v) is 12.1. The predicted octanol–water partition coefficient (Wildman–Crippen LogP) is 7.40. The molecular weight excluding hydrogens is 507 g/mol. The summed E-state index contributed by atoms with van der Waals surface area (Å²) >= 11 is 0. The minimum Gasteiger partial charge on any atom is -0.491 e. The Morgan fingerprint density at radius 1 is 1.00 bits per heavy atom. The second-order valence-electron chi connectivity index (χ2n) is 8.95. The lowest BCUT2D eigenvalue weighted by molar-refractivity contribution is 0.0728. The largest absolute Gasteiger partial charge is 0.491 e. The maximum atomic E-state index is 14.9. The van der Waals surface area contributed by atoms with Crippen molar-refractivity contribution in [1.29, 1.82) is 0 Å². The molecule has 0 aliphatic heterocycles. The molecule has 0 saturated heterocycles. The van der Waals surface area contributed by atoms with E-state index in [0.29, 0.717) is 24.8 Å². The second kappa shape index (κ2) is 11.3. The van der Waals surface area contributed by atoms with Crippen LogP contribution in [0.1, 0.15) is 72.2 Å². The SMILES string of the molecule is CCOc1ccc(C(=O)Oc2ccc(C3=CCC(c4ccc(C(C)O)c(F)c4F)CC3)c(F)c2)c(F)c1F. The van der Waals surface area contributed by atoms with Crippen molar-refractivity contribution in [2.45, 2.75) is 45.1 Å². The van der Waals surface area contributed by atoms with E-state index in [4.69, 9.17) is 9.47 Å². The van der Waals surface area contributed by atoms with Gasteiger partial charge in [0.1, 0.15) is 11.6 Å². The van der Waals surface area contributed by atoms with Gasteiger partial charge in [-0.2, -0.15) is 4.39 Å². The molecule has 0 fully saturated rings. The Kier molecular flexibility index (Phi) is 8.16. The Balaban J connectivity index is 1.47. The van der Waals surface area contributed by atoms with Gasteiger partial charge in [-0.3, -0.25) is 0 Å². The van der Waals surface area contributed by atoms with Crippen molar-refractivity contribution < 1.29 is 41.3 Å². The Labute approximate surface area is 216 Å². The molecule has 200 valence electrons. The van der Waals surface area contributed by atoms with E-state index in [-0.39, 0.29) is 40.7 Å². The lowest BCUT2D eigenvalue weighted by Gasteiger charge is -2.24. The molecule has 38 heavy (non-hydrogen) atoms. The van der Waals surface area contributed by atoms with Crippen LogP contribution in [-0.4, -0.2) is 17.7 Å². The standard InChI is InChI=1S/C29H25F5O4/c1-3-37-24-13-12-22(27(33)28(24)34)29(36)38-18-8-9-20(23(30)14-18)16-4-6-17(7-5-16)21-11-10-19(15(2)35)25(31)26(21)32/h4,8-15,17,35H,3,5-7H2,1-2H3. The van der Waals surface area contributed by atoms with E-state index in [2.05, 4.69) is 0 Å². The van der Waals surface area contributed by atoms with Crippen LogP contribution in [0.5, 0.6) is 11.5 Å². The van der Waals surface area contributed by atoms with E-state index in [1.807, 2.05) is 0 Å². The summed E-state index contributed by atoms with van der Waals surface area (Å²) < 4.78 is 82.2. The van der Waals surface area contributed by atoms with Gasteiger partial charge in [0, 0.05) is 17.2 Å². The molecule has 2 unspecified atom stereocenters. The smallest absolute Gasteiger partial charge is 0.346 e. The second-order valence-corrected chi connectivity index (χ2v) is 8.95. The first-order chi connectivity index (χ1) is 18.1. The van der Waals surface area contributed by atoms with Crippen LogP contribution in [-0.2, 0) is 0 Å². The van der Waals surface area contributed by atoms with E-state index in [1.54, 1.807) is 13.0 Å². The Hall–Kier alpha value is -3.72. The highest BCUT2D eigenvalue weighted by molar-refractivity contribution is 5.91. The highest BCUT2D eigenvalue weighted by Crippen LogP contribution is 2.39. The summed E-state index contributed by atoms with van der Waals surface area (Å²) in [6.45, 7) is 3.06. The molecule has 0 amide bonds. The van der Waals surface area contributed by atoms with Crippen LogP contribution in [0.2, 0.25) is 0 Å². The molecule has 0 heterocycles. The summed E-state index contributed by atoms with van der Waals surface area (Å²) in [5.41, 5.74) is 0.316. The molecule has 4 nitrogen and oxygen atoms in total. The van der Waals surface area contributed by atoms with Gasteiger partial charge in [0.2, 0.25) is 5.82 Å². The third-order valence-electron chi connectivity index (χ3n) is 6.51. The van der Waals surface area contributed by atoms with Gasteiger partial charge < -0.3 is 14.6 Å². The van der Waals surface area contributed by atoms with Gasteiger partial charge in [0.25, 0.3) is 0 Å². The summed E-state index contributed by atoms with van der Waals surface area (Å²) in [5, 5.41) is 9.58. The molecule has 9 heteroatoms. The van der Waals surface area contributed by atoms with Gasteiger partial charge >= 0.3 is 5.97 Å². The van der Waals surface area contributed by atoms with Crippen molar-refractivity contribution >= 4 is 11.5 Å². The first kappa shape index (κ1) is 27.3. The number of ether oxygens (including phenoxy) is 2. The number of carbonyl (C=O) groups excluding carboxylic acids is 1. The Morgan fingerprint density at radius 3 is 2.39 bits per heavy atom. The summed E-state index contributed by atoms with van der Waals surface area (Å²) in [4.78, 5) is 12.4. The van der Waals surface area contributed by atoms with Gasteiger partial charge in [-0.15, -0.1) is 0 Å². The van der Waals surface area contributed by atoms with Gasteiger partial charge in [0.15, 0.2) is 23.2 Å². The van der Waals surface area contributed by atoms with Crippen LogP contribution in [0.3, 0.4) is 0 Å². The average Bonchev–Trinajstić information content (AvgIpc) is 2.88. The maximum Gasteiger partial charge on any atom is 0.346 e. The van der Waals surface area contributed by atoms with Crippen LogP contribution < -0.4 is 9.47 Å². The van der Waals surface area contributed by atoms with Crippen molar-refractivity contribution in [2.75, 3.05) is 6.61 Å². The molecule has 1 aliphatic rings. The number of rotatable bonds is 7. The number of hydrogen-bond donors (Lipinski definition) is 1. The number of aliphatic hydroxyl groups excluding tert-OH is 1. The third kappa shape index (κ3) is 5.43. The van der Waals surface area contributed by atoms with Crippen LogP contribution in [0, 0.1) is 29.1 Å². The highest BCUT2D eigenvalue weighted by Gasteiger charge is 2.26. The molecular formula is C29H25F5O4. The predicted molar refractivity (Wildman–Crippen MR) is 130 cm³/mol. The molecule has 0 bridgehead atoms. The van der Waals surface area contributed by atoms with Gasteiger partial charge in [-0.25, -0.2) is 22.4 Å². The van der Waals surface area contributed by atoms with Gasteiger partial charge in [0.05, 0.1) is 18.3 Å². The molecule has 0 spiro atoms. The van der Waals surface area contributed by atoms with Crippen LogP contribution >= 0.6 is 0 Å². The van der Waals surface area contributed by atoms with Crippen LogP contribution in [0.4, 0.5) is 22.0 Å². The molecule has 1 aliphatic carbocycles. The number of carbonyl (C=O) groups is 1. The molecule has 0 saturated carbocycles. The van der Waals surface area contributed by atoms with Crippen molar-refractivity contribution in [3.05, 3.63) is 99.9 Å². The van der Waals surface area contributed by atoms with Gasteiger partial charge in [-0.1, -0.05) is 18.2 Å². The number of aliphatic hydroxyl groups is 1. The summed E-state index contributed by atoms with van der Waals surface area (Å²) in [6, 6.07) is 8.65. The van der Waals surface area contributed by atoms with Crippen molar-refractivity contribution in [1.82, 2.24) is 0 Å². The Bertz CT molecular complexity index is 1400. The number of halogens is 5. The molecule has 4 rings (SSSR count). The summed E-state index contributed by atoms with van der Waals surface area (Å²) in [7, 11) is 0.